The lowest BCUT2D eigenvalue weighted by molar-refractivity contribution is 0.794. The molecule has 0 fully saturated rings. The predicted molar refractivity (Wildman–Crippen MR) is 235 cm³/mol. The lowest BCUT2D eigenvalue weighted by atomic mass is 9.70. The van der Waals surface area contributed by atoms with Crippen LogP contribution in [0.3, 0.4) is 0 Å². The molecule has 56 heavy (non-hydrogen) atoms. The molecule has 11 aromatic rings. The molecule has 0 N–H and O–H groups in total. The van der Waals surface area contributed by atoms with Gasteiger partial charge in [-0.1, -0.05) is 146 Å². The van der Waals surface area contributed by atoms with Crippen LogP contribution in [0.4, 0.5) is 0 Å². The second kappa shape index (κ2) is 11.1. The van der Waals surface area contributed by atoms with Gasteiger partial charge in [-0.25, -0.2) is 0 Å². The van der Waals surface area contributed by atoms with Crippen molar-refractivity contribution in [3.63, 3.8) is 0 Å². The van der Waals surface area contributed by atoms with Crippen molar-refractivity contribution in [2.75, 3.05) is 0 Å². The largest absolute Gasteiger partial charge is 0.252 e. The summed E-state index contributed by atoms with van der Waals surface area (Å²) in [7, 11) is 0. The molecule has 1 spiro atoms. The van der Waals surface area contributed by atoms with E-state index in [9.17, 15) is 0 Å². The summed E-state index contributed by atoms with van der Waals surface area (Å²) in [6.07, 6.45) is 3.59. The van der Waals surface area contributed by atoms with E-state index in [4.69, 9.17) is 9.97 Å². The molecule has 13 rings (SSSR count). The van der Waals surface area contributed by atoms with Gasteiger partial charge in [-0.3, -0.25) is 9.97 Å². The fourth-order valence-electron chi connectivity index (χ4n) is 10.3. The average Bonchev–Trinajstić information content (AvgIpc) is 3.90. The molecular weight excluding hydrogens is 697 g/mol. The molecule has 0 atom stereocenters. The molecule has 2 heterocycles. The van der Waals surface area contributed by atoms with Crippen LogP contribution in [0.1, 0.15) is 22.3 Å². The maximum absolute atomic E-state index is 4.82. The fraction of sp³-hybridized carbons (Fsp3) is 0.0189. The van der Waals surface area contributed by atoms with Gasteiger partial charge in [-0.05, 0) is 102 Å². The summed E-state index contributed by atoms with van der Waals surface area (Å²) in [5.74, 6) is 0. The van der Waals surface area contributed by atoms with Crippen molar-refractivity contribution in [1.82, 2.24) is 9.97 Å². The molecule has 2 nitrogen and oxygen atoms in total. The summed E-state index contributed by atoms with van der Waals surface area (Å²) in [5, 5.41) is 7.30. The molecule has 0 amide bonds. The fourth-order valence-corrected chi connectivity index (χ4v) is 11.5. The van der Waals surface area contributed by atoms with Gasteiger partial charge in [0.05, 0.1) is 16.4 Å². The molecule has 2 aromatic heterocycles. The third kappa shape index (κ3) is 3.85. The Hall–Kier alpha value is -6.94. The zero-order valence-corrected chi connectivity index (χ0v) is 30.9. The van der Waals surface area contributed by atoms with Crippen molar-refractivity contribution < 1.29 is 0 Å². The van der Waals surface area contributed by atoms with E-state index in [2.05, 4.69) is 170 Å². The molecule has 258 valence electrons. The molecule has 0 saturated carbocycles. The highest BCUT2D eigenvalue weighted by Gasteiger charge is 2.51. The van der Waals surface area contributed by atoms with E-state index >= 15 is 0 Å². The van der Waals surface area contributed by atoms with Crippen LogP contribution >= 0.6 is 11.3 Å². The summed E-state index contributed by atoms with van der Waals surface area (Å²) >= 11 is 1.90. The van der Waals surface area contributed by atoms with Crippen LogP contribution in [-0.2, 0) is 5.41 Å². The van der Waals surface area contributed by atoms with Crippen LogP contribution in [0.2, 0.25) is 0 Å². The highest BCUT2D eigenvalue weighted by Crippen LogP contribution is 2.63. The van der Waals surface area contributed by atoms with Crippen molar-refractivity contribution in [3.8, 4) is 44.5 Å². The van der Waals surface area contributed by atoms with Gasteiger partial charge in [-0.15, -0.1) is 11.3 Å². The first-order chi connectivity index (χ1) is 27.8. The Balaban J connectivity index is 1.08. The van der Waals surface area contributed by atoms with Crippen LogP contribution in [0, 0.1) is 0 Å². The molecule has 9 aromatic carbocycles. The van der Waals surface area contributed by atoms with Crippen LogP contribution in [0.15, 0.2) is 182 Å². The van der Waals surface area contributed by atoms with Crippen LogP contribution < -0.4 is 0 Å². The molecule has 2 aliphatic rings. The molecule has 0 saturated heterocycles. The smallest absolute Gasteiger partial charge is 0.0971 e. The quantitative estimate of drug-likeness (QED) is 0.166. The Morgan fingerprint density at radius 3 is 1.61 bits per heavy atom. The van der Waals surface area contributed by atoms with Gasteiger partial charge in [-0.2, -0.15) is 0 Å². The van der Waals surface area contributed by atoms with Crippen LogP contribution in [-0.4, -0.2) is 9.97 Å². The summed E-state index contributed by atoms with van der Waals surface area (Å²) in [6.45, 7) is 0. The Labute approximate surface area is 327 Å². The maximum atomic E-state index is 4.82. The number of rotatable bonds is 2. The second-order valence-corrected chi connectivity index (χ2v) is 16.3. The average molecular weight is 727 g/mol. The number of thiophene rings is 1. The van der Waals surface area contributed by atoms with Crippen LogP contribution in [0.5, 0.6) is 0 Å². The van der Waals surface area contributed by atoms with Crippen molar-refractivity contribution in [2.24, 2.45) is 0 Å². The van der Waals surface area contributed by atoms with E-state index in [1.807, 2.05) is 11.3 Å². The first-order valence-corrected chi connectivity index (χ1v) is 20.0. The molecule has 0 aliphatic heterocycles. The van der Waals surface area contributed by atoms with E-state index in [0.29, 0.717) is 0 Å². The Morgan fingerprint density at radius 2 is 0.857 bits per heavy atom. The summed E-state index contributed by atoms with van der Waals surface area (Å²) < 4.78 is 2.67. The number of fused-ring (bicyclic) bond motifs is 19. The van der Waals surface area contributed by atoms with Crippen LogP contribution in [0.25, 0.3) is 97.3 Å². The minimum absolute atomic E-state index is 0.465. The lowest BCUT2D eigenvalue weighted by Gasteiger charge is -2.31. The SMILES string of the molecule is c1ccc2c(c1)-c1ccccc1C21c2cc(-c3ccc4c(c3)c3ccccc3c3nccnc43)ccc2-c2ccc(-c3cccc4c3sc3ccccc34)cc21. The Morgan fingerprint density at radius 1 is 0.339 bits per heavy atom. The Bertz CT molecular complexity index is 3420. The van der Waals surface area contributed by atoms with Gasteiger partial charge < -0.3 is 0 Å². The standard InChI is InChI=1S/C53H30N2S/c1-2-14-41-35(10-1)44-28-31(21-25-42(44)51-50(41)54-26-27-55-51)32-20-23-38-39-24-22-33(34-15-9-16-43-40-13-5-8-19-49(40)56-52(34)43)30-48(39)53(47(38)29-32)45-17-6-3-11-36(45)37-12-4-7-18-46(37)53/h1-30H. The third-order valence-corrected chi connectivity index (χ3v) is 13.8. The number of nitrogens with zero attached hydrogens (tertiary/aromatic N) is 2. The normalized spacial score (nSPS) is 13.5. The predicted octanol–water partition coefficient (Wildman–Crippen LogP) is 14.0. The van der Waals surface area contributed by atoms with Gasteiger partial charge >= 0.3 is 0 Å². The van der Waals surface area contributed by atoms with Gasteiger partial charge in [0.15, 0.2) is 0 Å². The number of aromatic nitrogens is 2. The molecule has 3 heteroatoms. The van der Waals surface area contributed by atoms with Gasteiger partial charge in [0.25, 0.3) is 0 Å². The summed E-state index contributed by atoms with van der Waals surface area (Å²) in [5.41, 5.74) is 17.0. The Kier molecular flexibility index (Phi) is 6.01. The van der Waals surface area contributed by atoms with Gasteiger partial charge in [0, 0.05) is 43.3 Å². The van der Waals surface area contributed by atoms with E-state index in [0.717, 1.165) is 21.8 Å². The second-order valence-electron chi connectivity index (χ2n) is 15.2. The number of benzene rings is 9. The first-order valence-electron chi connectivity index (χ1n) is 19.2. The van der Waals surface area contributed by atoms with Gasteiger partial charge in [0.1, 0.15) is 0 Å². The monoisotopic (exact) mass is 726 g/mol. The molecule has 0 bridgehead atoms. The number of hydrogen-bond donors (Lipinski definition) is 0. The molecule has 2 aliphatic carbocycles. The zero-order valence-electron chi connectivity index (χ0n) is 30.1. The molecule has 0 radical (unpaired) electrons. The van der Waals surface area contributed by atoms with Crippen molar-refractivity contribution in [1.29, 1.82) is 0 Å². The first kappa shape index (κ1) is 30.4. The van der Waals surface area contributed by atoms with E-state index < -0.39 is 5.41 Å². The summed E-state index contributed by atoms with van der Waals surface area (Å²) in [4.78, 5) is 9.58. The number of hydrogen-bond acceptors (Lipinski definition) is 3. The highest BCUT2D eigenvalue weighted by molar-refractivity contribution is 7.26. The molecule has 0 unspecified atom stereocenters. The molecular formula is C53H30N2S. The van der Waals surface area contributed by atoms with Gasteiger partial charge in [0.2, 0.25) is 0 Å². The summed E-state index contributed by atoms with van der Waals surface area (Å²) in [6, 6.07) is 63.7. The maximum Gasteiger partial charge on any atom is 0.0971 e. The van der Waals surface area contributed by atoms with E-state index in [1.165, 1.54) is 97.7 Å². The van der Waals surface area contributed by atoms with E-state index in [1.54, 1.807) is 12.4 Å². The topological polar surface area (TPSA) is 25.8 Å². The highest BCUT2D eigenvalue weighted by atomic mass is 32.1. The van der Waals surface area contributed by atoms with Crippen molar-refractivity contribution in [3.05, 3.63) is 205 Å². The minimum atomic E-state index is -0.465. The van der Waals surface area contributed by atoms with Crippen molar-refractivity contribution >= 4 is 64.1 Å². The third-order valence-electron chi connectivity index (χ3n) is 12.6. The minimum Gasteiger partial charge on any atom is -0.252 e. The van der Waals surface area contributed by atoms with Crippen molar-refractivity contribution in [2.45, 2.75) is 5.41 Å². The van der Waals surface area contributed by atoms with E-state index in [-0.39, 0.29) is 0 Å². The lowest BCUT2D eigenvalue weighted by Crippen LogP contribution is -2.26. The zero-order chi connectivity index (χ0) is 36.5.